The number of thiophene rings is 1. The predicted molar refractivity (Wildman–Crippen MR) is 96.7 cm³/mol. The fraction of sp³-hybridized carbons (Fsp3) is 0.250. The van der Waals surface area contributed by atoms with Crippen molar-refractivity contribution in [3.63, 3.8) is 0 Å². The second kappa shape index (κ2) is 6.25. The number of nitrogens with zero attached hydrogens (tertiary/aromatic N) is 3. The lowest BCUT2D eigenvalue weighted by Crippen LogP contribution is -2.59. The molecule has 4 rings (SSSR count). The molecule has 130 valence electrons. The van der Waals surface area contributed by atoms with Gasteiger partial charge in [-0.05, 0) is 23.6 Å². The number of para-hydroxylation sites is 1. The number of hydrogen-bond donors (Lipinski definition) is 1. The van der Waals surface area contributed by atoms with Crippen LogP contribution in [0.4, 0.5) is 5.82 Å². The standard InChI is InChI=1S/C16H16N4O3S2/c1-23-13-4-2-3-5-14(13)25(21,22)19-11-8-20(9-11)16-15-12(6-7-24-15)17-10-18-16/h2-7,10-11,19H,8-9H2,1H3. The Morgan fingerprint density at radius 2 is 2.04 bits per heavy atom. The minimum atomic E-state index is -3.63. The van der Waals surface area contributed by atoms with Crippen LogP contribution in [-0.4, -0.2) is 44.6 Å². The van der Waals surface area contributed by atoms with Gasteiger partial charge in [-0.2, -0.15) is 0 Å². The summed E-state index contributed by atoms with van der Waals surface area (Å²) in [5.74, 6) is 1.19. The second-order valence-corrected chi connectivity index (χ2v) is 8.30. The summed E-state index contributed by atoms with van der Waals surface area (Å²) in [5, 5.41) is 1.98. The Labute approximate surface area is 149 Å². The lowest BCUT2D eigenvalue weighted by Gasteiger charge is -2.40. The normalized spacial score (nSPS) is 15.3. The summed E-state index contributed by atoms with van der Waals surface area (Å²) in [7, 11) is -2.17. The Morgan fingerprint density at radius 3 is 2.84 bits per heavy atom. The van der Waals surface area contributed by atoms with Gasteiger partial charge in [0.25, 0.3) is 0 Å². The van der Waals surface area contributed by atoms with Gasteiger partial charge in [0, 0.05) is 13.1 Å². The molecule has 0 bridgehead atoms. The molecule has 0 spiro atoms. The van der Waals surface area contributed by atoms with Gasteiger partial charge in [0.15, 0.2) is 0 Å². The molecule has 1 N–H and O–H groups in total. The van der Waals surface area contributed by atoms with Gasteiger partial charge < -0.3 is 9.64 Å². The summed E-state index contributed by atoms with van der Waals surface area (Å²) in [6, 6.07) is 8.38. The summed E-state index contributed by atoms with van der Waals surface area (Å²) < 4.78 is 34.1. The SMILES string of the molecule is COc1ccccc1S(=O)(=O)NC1CN(c2ncnc3ccsc23)C1. The third-order valence-electron chi connectivity index (χ3n) is 4.09. The lowest BCUT2D eigenvalue weighted by molar-refractivity contribution is 0.401. The van der Waals surface area contributed by atoms with Crippen LogP contribution in [-0.2, 0) is 10.0 Å². The minimum absolute atomic E-state index is 0.152. The second-order valence-electron chi connectivity index (χ2n) is 5.71. The number of benzene rings is 1. The Bertz CT molecular complexity index is 1010. The molecule has 9 heteroatoms. The fourth-order valence-corrected chi connectivity index (χ4v) is 5.10. The van der Waals surface area contributed by atoms with Gasteiger partial charge in [-0.25, -0.2) is 23.1 Å². The van der Waals surface area contributed by atoms with E-state index in [1.807, 2.05) is 11.4 Å². The van der Waals surface area contributed by atoms with Crippen LogP contribution in [0, 0.1) is 0 Å². The Hall–Kier alpha value is -2.23. The third-order valence-corrected chi connectivity index (χ3v) is 6.55. The Balaban J connectivity index is 1.49. The molecule has 0 unspecified atom stereocenters. The molecule has 1 aliphatic rings. The van der Waals surface area contributed by atoms with Crippen molar-refractivity contribution in [1.29, 1.82) is 0 Å². The van der Waals surface area contributed by atoms with Gasteiger partial charge in [0.1, 0.15) is 22.8 Å². The van der Waals surface area contributed by atoms with Gasteiger partial charge in [0.2, 0.25) is 10.0 Å². The first-order valence-corrected chi connectivity index (χ1v) is 10.0. The largest absolute Gasteiger partial charge is 0.495 e. The van der Waals surface area contributed by atoms with E-state index in [9.17, 15) is 8.42 Å². The first-order valence-electron chi connectivity index (χ1n) is 7.67. The number of aromatic nitrogens is 2. The van der Waals surface area contributed by atoms with Crippen LogP contribution in [0.3, 0.4) is 0 Å². The molecule has 0 saturated carbocycles. The summed E-state index contributed by atoms with van der Waals surface area (Å²) >= 11 is 1.59. The molecule has 1 aromatic carbocycles. The summed E-state index contributed by atoms with van der Waals surface area (Å²) in [6.45, 7) is 1.14. The van der Waals surface area contributed by atoms with E-state index >= 15 is 0 Å². The van der Waals surface area contributed by atoms with Crippen LogP contribution in [0.2, 0.25) is 0 Å². The van der Waals surface area contributed by atoms with Crippen molar-refractivity contribution in [2.45, 2.75) is 10.9 Å². The van der Waals surface area contributed by atoms with E-state index in [2.05, 4.69) is 19.6 Å². The fourth-order valence-electron chi connectivity index (χ4n) is 2.85. The maximum Gasteiger partial charge on any atom is 0.244 e. The van der Waals surface area contributed by atoms with E-state index < -0.39 is 10.0 Å². The monoisotopic (exact) mass is 376 g/mol. The number of sulfonamides is 1. The summed E-state index contributed by atoms with van der Waals surface area (Å²) in [4.78, 5) is 10.8. The van der Waals surface area contributed by atoms with Crippen LogP contribution in [0.1, 0.15) is 0 Å². The molecule has 0 aliphatic carbocycles. The lowest BCUT2D eigenvalue weighted by atomic mass is 10.1. The molecule has 3 heterocycles. The zero-order chi connectivity index (χ0) is 17.4. The topological polar surface area (TPSA) is 84.4 Å². The van der Waals surface area contributed by atoms with Gasteiger partial charge >= 0.3 is 0 Å². The average Bonchev–Trinajstić information content (AvgIpc) is 3.06. The molecular weight excluding hydrogens is 360 g/mol. The zero-order valence-corrected chi connectivity index (χ0v) is 15.0. The van der Waals surface area contributed by atoms with E-state index in [1.165, 1.54) is 19.5 Å². The molecule has 3 aromatic rings. The zero-order valence-electron chi connectivity index (χ0n) is 13.4. The number of nitrogens with one attached hydrogen (secondary N) is 1. The minimum Gasteiger partial charge on any atom is -0.495 e. The number of hydrogen-bond acceptors (Lipinski definition) is 7. The van der Waals surface area contributed by atoms with E-state index in [1.54, 1.807) is 29.5 Å². The number of ether oxygens (including phenoxy) is 1. The van der Waals surface area contributed by atoms with Crippen LogP contribution in [0.15, 0.2) is 46.9 Å². The van der Waals surface area contributed by atoms with E-state index in [4.69, 9.17) is 4.74 Å². The highest BCUT2D eigenvalue weighted by Gasteiger charge is 2.33. The summed E-state index contributed by atoms with van der Waals surface area (Å²) in [5.41, 5.74) is 0.910. The quantitative estimate of drug-likeness (QED) is 0.732. The van der Waals surface area contributed by atoms with E-state index in [0.717, 1.165) is 16.0 Å². The molecular formula is C16H16N4O3S2. The van der Waals surface area contributed by atoms with Crippen LogP contribution >= 0.6 is 11.3 Å². The van der Waals surface area contributed by atoms with Crippen LogP contribution < -0.4 is 14.4 Å². The molecule has 2 aromatic heterocycles. The van der Waals surface area contributed by atoms with Crippen molar-refractivity contribution in [3.8, 4) is 5.75 Å². The van der Waals surface area contributed by atoms with Gasteiger partial charge in [-0.1, -0.05) is 12.1 Å². The van der Waals surface area contributed by atoms with Gasteiger partial charge in [-0.3, -0.25) is 0 Å². The van der Waals surface area contributed by atoms with Crippen molar-refractivity contribution < 1.29 is 13.2 Å². The molecule has 0 amide bonds. The number of rotatable bonds is 5. The summed E-state index contributed by atoms with van der Waals surface area (Å²) in [6.07, 6.45) is 1.54. The van der Waals surface area contributed by atoms with Crippen molar-refractivity contribution in [2.75, 3.05) is 25.1 Å². The highest BCUT2D eigenvalue weighted by Crippen LogP contribution is 2.31. The van der Waals surface area contributed by atoms with Crippen molar-refractivity contribution in [2.24, 2.45) is 0 Å². The maximum atomic E-state index is 12.6. The molecule has 1 aliphatic heterocycles. The van der Waals surface area contributed by atoms with Crippen LogP contribution in [0.5, 0.6) is 5.75 Å². The molecule has 25 heavy (non-hydrogen) atoms. The first-order chi connectivity index (χ1) is 12.1. The van der Waals surface area contributed by atoms with Crippen LogP contribution in [0.25, 0.3) is 10.2 Å². The number of methoxy groups -OCH3 is 1. The Kier molecular flexibility index (Phi) is 4.06. The van der Waals surface area contributed by atoms with Gasteiger partial charge in [-0.15, -0.1) is 11.3 Å². The van der Waals surface area contributed by atoms with Crippen molar-refractivity contribution in [3.05, 3.63) is 42.0 Å². The smallest absolute Gasteiger partial charge is 0.244 e. The molecule has 7 nitrogen and oxygen atoms in total. The van der Waals surface area contributed by atoms with E-state index in [-0.39, 0.29) is 10.9 Å². The Morgan fingerprint density at radius 1 is 1.24 bits per heavy atom. The third kappa shape index (κ3) is 2.94. The highest BCUT2D eigenvalue weighted by molar-refractivity contribution is 7.89. The molecule has 0 atom stereocenters. The maximum absolute atomic E-state index is 12.6. The van der Waals surface area contributed by atoms with Crippen molar-refractivity contribution >= 4 is 37.4 Å². The molecule has 1 saturated heterocycles. The number of anilines is 1. The van der Waals surface area contributed by atoms with E-state index in [0.29, 0.717) is 18.8 Å². The first kappa shape index (κ1) is 16.2. The highest BCUT2D eigenvalue weighted by atomic mass is 32.2. The predicted octanol–water partition coefficient (Wildman–Crippen LogP) is 1.87. The average molecular weight is 376 g/mol. The molecule has 0 radical (unpaired) electrons. The number of fused-ring (bicyclic) bond motifs is 1. The van der Waals surface area contributed by atoms with Crippen molar-refractivity contribution in [1.82, 2.24) is 14.7 Å². The molecule has 1 fully saturated rings. The van der Waals surface area contributed by atoms with Gasteiger partial charge in [0.05, 0.1) is 23.4 Å².